The van der Waals surface area contributed by atoms with Crippen molar-refractivity contribution in [2.75, 3.05) is 19.6 Å². The minimum absolute atomic E-state index is 0.477. The molecule has 1 aromatic carbocycles. The van der Waals surface area contributed by atoms with Crippen molar-refractivity contribution in [2.45, 2.75) is 53.0 Å². The van der Waals surface area contributed by atoms with Gasteiger partial charge in [0.15, 0.2) is 0 Å². The molecule has 0 aliphatic carbocycles. The Morgan fingerprint density at radius 1 is 0.905 bits per heavy atom. The number of nitrogens with zero attached hydrogens (tertiary/aromatic N) is 1. The van der Waals surface area contributed by atoms with Gasteiger partial charge in [-0.1, -0.05) is 65.0 Å². The van der Waals surface area contributed by atoms with E-state index in [1.54, 1.807) is 0 Å². The maximum Gasteiger partial charge on any atom is 0.0224 e. The standard InChI is InChI=1S/C19H34N2/c1-15(2)13-21(14-16(3)4)19(12-20)11-17(5)18-9-7-6-8-10-18/h6-10,15-17,19H,11-14,20H2,1-5H3. The maximum atomic E-state index is 6.11. The van der Waals surface area contributed by atoms with Crippen LogP contribution in [0.4, 0.5) is 0 Å². The molecule has 0 amide bonds. The maximum absolute atomic E-state index is 6.11. The average molecular weight is 290 g/mol. The molecule has 0 bridgehead atoms. The van der Waals surface area contributed by atoms with Crippen molar-refractivity contribution in [1.82, 2.24) is 4.90 Å². The van der Waals surface area contributed by atoms with Crippen molar-refractivity contribution in [1.29, 1.82) is 0 Å². The van der Waals surface area contributed by atoms with Crippen LogP contribution >= 0.6 is 0 Å². The van der Waals surface area contributed by atoms with Crippen LogP contribution in [-0.2, 0) is 0 Å². The SMILES string of the molecule is CC(C)CN(CC(C)C)C(CN)CC(C)c1ccccc1. The summed E-state index contributed by atoms with van der Waals surface area (Å²) in [5, 5.41) is 0. The lowest BCUT2D eigenvalue weighted by Gasteiger charge is -2.35. The highest BCUT2D eigenvalue weighted by Gasteiger charge is 2.21. The number of nitrogens with two attached hydrogens (primary N) is 1. The summed E-state index contributed by atoms with van der Waals surface area (Å²) in [5.74, 6) is 1.93. The van der Waals surface area contributed by atoms with Gasteiger partial charge in [0.25, 0.3) is 0 Å². The lowest BCUT2D eigenvalue weighted by atomic mass is 9.92. The van der Waals surface area contributed by atoms with E-state index in [4.69, 9.17) is 5.73 Å². The van der Waals surface area contributed by atoms with Crippen LogP contribution in [0.25, 0.3) is 0 Å². The van der Waals surface area contributed by atoms with Crippen molar-refractivity contribution in [3.05, 3.63) is 35.9 Å². The Hall–Kier alpha value is -0.860. The van der Waals surface area contributed by atoms with E-state index in [1.165, 1.54) is 5.56 Å². The number of hydrogen-bond donors (Lipinski definition) is 1. The topological polar surface area (TPSA) is 29.3 Å². The Morgan fingerprint density at radius 2 is 1.43 bits per heavy atom. The smallest absolute Gasteiger partial charge is 0.0224 e. The largest absolute Gasteiger partial charge is 0.329 e. The van der Waals surface area contributed by atoms with E-state index in [-0.39, 0.29) is 0 Å². The molecular formula is C19H34N2. The predicted octanol–water partition coefficient (Wildman–Crippen LogP) is 4.12. The molecule has 0 radical (unpaired) electrons. The highest BCUT2D eigenvalue weighted by Crippen LogP contribution is 2.23. The van der Waals surface area contributed by atoms with E-state index in [0.717, 1.165) is 26.1 Å². The lowest BCUT2D eigenvalue weighted by molar-refractivity contribution is 0.147. The molecule has 2 heteroatoms. The summed E-state index contributed by atoms with van der Waals surface area (Å²) in [7, 11) is 0. The van der Waals surface area contributed by atoms with Gasteiger partial charge in [-0.15, -0.1) is 0 Å². The second-order valence-corrected chi connectivity index (χ2v) is 7.18. The van der Waals surface area contributed by atoms with Crippen LogP contribution < -0.4 is 5.73 Å². The summed E-state index contributed by atoms with van der Waals surface area (Å²) in [6.45, 7) is 14.5. The molecule has 1 rings (SSSR count). The van der Waals surface area contributed by atoms with Crippen LogP contribution in [-0.4, -0.2) is 30.6 Å². The fourth-order valence-electron chi connectivity index (χ4n) is 3.03. The van der Waals surface area contributed by atoms with Gasteiger partial charge in [-0.2, -0.15) is 0 Å². The Bertz CT molecular complexity index is 362. The summed E-state index contributed by atoms with van der Waals surface area (Å²) in [6.07, 6.45) is 1.14. The van der Waals surface area contributed by atoms with Gasteiger partial charge in [-0.05, 0) is 29.7 Å². The Morgan fingerprint density at radius 3 is 1.86 bits per heavy atom. The highest BCUT2D eigenvalue weighted by molar-refractivity contribution is 5.18. The van der Waals surface area contributed by atoms with E-state index in [0.29, 0.717) is 23.8 Å². The quantitative estimate of drug-likeness (QED) is 0.741. The van der Waals surface area contributed by atoms with Gasteiger partial charge in [-0.25, -0.2) is 0 Å². The second kappa shape index (κ2) is 9.22. The van der Waals surface area contributed by atoms with Crippen molar-refractivity contribution < 1.29 is 0 Å². The molecule has 0 aromatic heterocycles. The third-order valence-corrected chi connectivity index (χ3v) is 3.98. The van der Waals surface area contributed by atoms with Gasteiger partial charge >= 0.3 is 0 Å². The summed E-state index contributed by atoms with van der Waals surface area (Å²) < 4.78 is 0. The third kappa shape index (κ3) is 6.62. The van der Waals surface area contributed by atoms with Crippen LogP contribution in [0.2, 0.25) is 0 Å². The fraction of sp³-hybridized carbons (Fsp3) is 0.684. The van der Waals surface area contributed by atoms with Crippen LogP contribution in [0, 0.1) is 11.8 Å². The zero-order chi connectivity index (χ0) is 15.8. The molecule has 2 atom stereocenters. The van der Waals surface area contributed by atoms with Crippen molar-refractivity contribution in [2.24, 2.45) is 17.6 Å². The fourth-order valence-corrected chi connectivity index (χ4v) is 3.03. The highest BCUT2D eigenvalue weighted by atomic mass is 15.2. The van der Waals surface area contributed by atoms with E-state index < -0.39 is 0 Å². The van der Waals surface area contributed by atoms with E-state index in [2.05, 4.69) is 69.9 Å². The number of rotatable bonds is 9. The first-order valence-corrected chi connectivity index (χ1v) is 8.43. The first-order chi connectivity index (χ1) is 9.93. The normalized spacial score (nSPS) is 14.9. The van der Waals surface area contributed by atoms with E-state index in [9.17, 15) is 0 Å². The summed E-state index contributed by atoms with van der Waals surface area (Å²) in [5.41, 5.74) is 7.53. The van der Waals surface area contributed by atoms with Crippen LogP contribution in [0.1, 0.15) is 52.5 Å². The van der Waals surface area contributed by atoms with Crippen LogP contribution in [0.3, 0.4) is 0 Å². The Labute approximate surface area is 131 Å². The molecule has 2 nitrogen and oxygen atoms in total. The second-order valence-electron chi connectivity index (χ2n) is 7.18. The molecule has 2 unspecified atom stereocenters. The molecule has 21 heavy (non-hydrogen) atoms. The molecule has 0 saturated heterocycles. The van der Waals surface area contributed by atoms with Gasteiger partial charge in [0.05, 0.1) is 0 Å². The van der Waals surface area contributed by atoms with Gasteiger partial charge in [0.1, 0.15) is 0 Å². The molecule has 0 spiro atoms. The molecule has 0 aliphatic heterocycles. The van der Waals surface area contributed by atoms with Crippen molar-refractivity contribution in [3.63, 3.8) is 0 Å². The molecule has 0 fully saturated rings. The van der Waals surface area contributed by atoms with Crippen molar-refractivity contribution in [3.8, 4) is 0 Å². The Kier molecular flexibility index (Phi) is 7.98. The number of benzene rings is 1. The molecule has 0 heterocycles. The number of hydrogen-bond acceptors (Lipinski definition) is 2. The van der Waals surface area contributed by atoms with Gasteiger partial charge in [-0.3, -0.25) is 4.90 Å². The molecule has 0 saturated carbocycles. The summed E-state index contributed by atoms with van der Waals surface area (Å²) in [6, 6.07) is 11.3. The summed E-state index contributed by atoms with van der Waals surface area (Å²) >= 11 is 0. The first kappa shape index (κ1) is 18.2. The molecular weight excluding hydrogens is 256 g/mol. The Balaban J connectivity index is 2.73. The van der Waals surface area contributed by atoms with E-state index in [1.807, 2.05) is 0 Å². The lowest BCUT2D eigenvalue weighted by Crippen LogP contribution is -2.45. The molecule has 0 aliphatic rings. The predicted molar refractivity (Wildman–Crippen MR) is 93.6 cm³/mol. The van der Waals surface area contributed by atoms with Gasteiger partial charge in [0, 0.05) is 25.7 Å². The zero-order valence-electron chi connectivity index (χ0n) is 14.5. The zero-order valence-corrected chi connectivity index (χ0v) is 14.5. The van der Waals surface area contributed by atoms with Crippen molar-refractivity contribution >= 4 is 0 Å². The van der Waals surface area contributed by atoms with Crippen LogP contribution in [0.15, 0.2) is 30.3 Å². The molecule has 120 valence electrons. The van der Waals surface area contributed by atoms with Gasteiger partial charge < -0.3 is 5.73 Å². The minimum Gasteiger partial charge on any atom is -0.329 e. The molecule has 2 N–H and O–H groups in total. The molecule has 1 aromatic rings. The average Bonchev–Trinajstić information content (AvgIpc) is 2.43. The first-order valence-electron chi connectivity index (χ1n) is 8.43. The van der Waals surface area contributed by atoms with Crippen LogP contribution in [0.5, 0.6) is 0 Å². The minimum atomic E-state index is 0.477. The monoisotopic (exact) mass is 290 g/mol. The summed E-state index contributed by atoms with van der Waals surface area (Å²) in [4.78, 5) is 2.61. The third-order valence-electron chi connectivity index (χ3n) is 3.98. The van der Waals surface area contributed by atoms with Gasteiger partial charge in [0.2, 0.25) is 0 Å². The van der Waals surface area contributed by atoms with E-state index >= 15 is 0 Å².